The lowest BCUT2D eigenvalue weighted by Crippen LogP contribution is -2.17. The van der Waals surface area contributed by atoms with E-state index in [-0.39, 0.29) is 5.76 Å². The zero-order chi connectivity index (χ0) is 13.9. The van der Waals surface area contributed by atoms with E-state index in [1.165, 1.54) is 25.6 Å². The van der Waals surface area contributed by atoms with Crippen LogP contribution in [0.3, 0.4) is 0 Å². The molecule has 2 heterocycles. The van der Waals surface area contributed by atoms with Gasteiger partial charge in [-0.2, -0.15) is 0 Å². The van der Waals surface area contributed by atoms with Crippen LogP contribution < -0.4 is 4.90 Å². The lowest BCUT2D eigenvalue weighted by atomic mass is 10.1. The first-order valence-electron chi connectivity index (χ1n) is 6.81. The monoisotopic (exact) mass is 271 g/mol. The minimum Gasteiger partial charge on any atom is -0.463 e. The van der Waals surface area contributed by atoms with Crippen LogP contribution in [0.1, 0.15) is 23.4 Å². The van der Waals surface area contributed by atoms with Crippen LogP contribution in [0.15, 0.2) is 40.8 Å². The van der Waals surface area contributed by atoms with Crippen molar-refractivity contribution < 1.29 is 13.9 Å². The molecule has 2 aromatic rings. The molecule has 4 nitrogen and oxygen atoms in total. The van der Waals surface area contributed by atoms with Crippen molar-refractivity contribution in [1.29, 1.82) is 0 Å². The number of ether oxygens (including phenoxy) is 1. The van der Waals surface area contributed by atoms with E-state index in [0.29, 0.717) is 5.76 Å². The number of hydrogen-bond acceptors (Lipinski definition) is 4. The number of hydrogen-bond donors (Lipinski definition) is 0. The molecular formula is C16H17NO3. The van der Waals surface area contributed by atoms with Gasteiger partial charge in [-0.05, 0) is 37.1 Å². The van der Waals surface area contributed by atoms with Crippen molar-refractivity contribution in [3.63, 3.8) is 0 Å². The quantitative estimate of drug-likeness (QED) is 0.803. The van der Waals surface area contributed by atoms with E-state index >= 15 is 0 Å². The standard InChI is InChI=1S/C16H17NO3/c1-19-16(18)15-8-7-14(20-15)12-5-4-6-13(11-12)17-9-2-3-10-17/h4-8,11H,2-3,9-10H2,1H3. The molecule has 0 atom stereocenters. The fourth-order valence-corrected chi connectivity index (χ4v) is 2.53. The van der Waals surface area contributed by atoms with Crippen molar-refractivity contribution in [2.45, 2.75) is 12.8 Å². The summed E-state index contributed by atoms with van der Waals surface area (Å²) in [6, 6.07) is 11.7. The van der Waals surface area contributed by atoms with Gasteiger partial charge in [0.1, 0.15) is 5.76 Å². The van der Waals surface area contributed by atoms with Gasteiger partial charge in [0, 0.05) is 24.3 Å². The molecule has 0 amide bonds. The van der Waals surface area contributed by atoms with Crippen molar-refractivity contribution in [1.82, 2.24) is 0 Å². The van der Waals surface area contributed by atoms with Crippen LogP contribution in [0, 0.1) is 0 Å². The van der Waals surface area contributed by atoms with E-state index < -0.39 is 5.97 Å². The Hall–Kier alpha value is -2.23. The molecule has 0 bridgehead atoms. The van der Waals surface area contributed by atoms with E-state index in [1.54, 1.807) is 12.1 Å². The summed E-state index contributed by atoms with van der Waals surface area (Å²) in [5.74, 6) is 0.465. The first kappa shape index (κ1) is 12.8. The molecule has 4 heteroatoms. The topological polar surface area (TPSA) is 42.7 Å². The molecule has 104 valence electrons. The van der Waals surface area contributed by atoms with Crippen LogP contribution in [0.4, 0.5) is 5.69 Å². The highest BCUT2D eigenvalue weighted by Gasteiger charge is 2.15. The highest BCUT2D eigenvalue weighted by molar-refractivity contribution is 5.87. The fraction of sp³-hybridized carbons (Fsp3) is 0.312. The Morgan fingerprint density at radius 1 is 1.20 bits per heavy atom. The number of rotatable bonds is 3. The van der Waals surface area contributed by atoms with Gasteiger partial charge < -0.3 is 14.1 Å². The molecule has 0 saturated carbocycles. The fourth-order valence-electron chi connectivity index (χ4n) is 2.53. The van der Waals surface area contributed by atoms with Crippen molar-refractivity contribution in [3.8, 4) is 11.3 Å². The maximum atomic E-state index is 11.4. The molecule has 0 N–H and O–H groups in total. The second-order valence-corrected chi connectivity index (χ2v) is 4.90. The predicted octanol–water partition coefficient (Wildman–Crippen LogP) is 3.33. The molecular weight excluding hydrogens is 254 g/mol. The molecule has 1 saturated heterocycles. The summed E-state index contributed by atoms with van der Waals surface area (Å²) >= 11 is 0. The largest absolute Gasteiger partial charge is 0.463 e. The van der Waals surface area contributed by atoms with Crippen LogP contribution in [-0.4, -0.2) is 26.2 Å². The second-order valence-electron chi connectivity index (χ2n) is 4.90. The van der Waals surface area contributed by atoms with Gasteiger partial charge >= 0.3 is 5.97 Å². The Bertz CT molecular complexity index is 612. The van der Waals surface area contributed by atoms with Crippen LogP contribution in [0.2, 0.25) is 0 Å². The maximum absolute atomic E-state index is 11.4. The third-order valence-corrected chi connectivity index (χ3v) is 3.59. The first-order chi connectivity index (χ1) is 9.78. The average molecular weight is 271 g/mol. The maximum Gasteiger partial charge on any atom is 0.373 e. The third-order valence-electron chi connectivity index (χ3n) is 3.59. The van der Waals surface area contributed by atoms with E-state index in [4.69, 9.17) is 4.42 Å². The molecule has 3 rings (SSSR count). The van der Waals surface area contributed by atoms with Gasteiger partial charge in [-0.25, -0.2) is 4.79 Å². The summed E-state index contributed by atoms with van der Waals surface area (Å²) in [5.41, 5.74) is 2.18. The van der Waals surface area contributed by atoms with Crippen LogP contribution >= 0.6 is 0 Å². The molecule has 0 radical (unpaired) electrons. The van der Waals surface area contributed by atoms with Crippen molar-refractivity contribution >= 4 is 11.7 Å². The van der Waals surface area contributed by atoms with Gasteiger partial charge in [-0.1, -0.05) is 12.1 Å². The molecule has 0 unspecified atom stereocenters. The number of furan rings is 1. The highest BCUT2D eigenvalue weighted by atomic mass is 16.5. The normalized spacial score (nSPS) is 14.6. The molecule has 1 aliphatic rings. The molecule has 1 aromatic carbocycles. The highest BCUT2D eigenvalue weighted by Crippen LogP contribution is 2.28. The van der Waals surface area contributed by atoms with Gasteiger partial charge in [0.05, 0.1) is 7.11 Å². The van der Waals surface area contributed by atoms with Gasteiger partial charge in [-0.3, -0.25) is 0 Å². The number of carbonyl (C=O) groups is 1. The number of benzene rings is 1. The summed E-state index contributed by atoms with van der Waals surface area (Å²) < 4.78 is 10.2. The summed E-state index contributed by atoms with van der Waals surface area (Å²) in [4.78, 5) is 13.8. The number of anilines is 1. The number of carbonyl (C=O) groups excluding carboxylic acids is 1. The Morgan fingerprint density at radius 3 is 2.75 bits per heavy atom. The van der Waals surface area contributed by atoms with Crippen LogP contribution in [0.5, 0.6) is 0 Å². The zero-order valence-electron chi connectivity index (χ0n) is 11.5. The van der Waals surface area contributed by atoms with Gasteiger partial charge in [0.15, 0.2) is 0 Å². The Labute approximate surface area is 118 Å². The third kappa shape index (κ3) is 2.41. The lowest BCUT2D eigenvalue weighted by Gasteiger charge is -2.17. The smallest absolute Gasteiger partial charge is 0.373 e. The van der Waals surface area contributed by atoms with Gasteiger partial charge in [-0.15, -0.1) is 0 Å². The van der Waals surface area contributed by atoms with Gasteiger partial charge in [0.25, 0.3) is 0 Å². The van der Waals surface area contributed by atoms with Crippen LogP contribution in [0.25, 0.3) is 11.3 Å². The van der Waals surface area contributed by atoms with Crippen molar-refractivity contribution in [3.05, 3.63) is 42.2 Å². The number of methoxy groups -OCH3 is 1. The first-order valence-corrected chi connectivity index (χ1v) is 6.81. The van der Waals surface area contributed by atoms with Crippen molar-refractivity contribution in [2.24, 2.45) is 0 Å². The molecule has 1 aliphatic heterocycles. The summed E-state index contributed by atoms with van der Waals surface area (Å²) in [7, 11) is 1.35. The minimum absolute atomic E-state index is 0.231. The summed E-state index contributed by atoms with van der Waals surface area (Å²) in [5, 5.41) is 0. The summed E-state index contributed by atoms with van der Waals surface area (Å²) in [6.45, 7) is 2.21. The Morgan fingerprint density at radius 2 is 2.00 bits per heavy atom. The van der Waals surface area contributed by atoms with E-state index in [2.05, 4.69) is 21.8 Å². The van der Waals surface area contributed by atoms with E-state index in [9.17, 15) is 4.79 Å². The predicted molar refractivity (Wildman–Crippen MR) is 76.9 cm³/mol. The molecule has 0 spiro atoms. The lowest BCUT2D eigenvalue weighted by molar-refractivity contribution is 0.0566. The minimum atomic E-state index is -0.452. The van der Waals surface area contributed by atoms with E-state index in [1.807, 2.05) is 12.1 Å². The molecule has 0 aliphatic carbocycles. The van der Waals surface area contributed by atoms with Gasteiger partial charge in [0.2, 0.25) is 5.76 Å². The summed E-state index contributed by atoms with van der Waals surface area (Å²) in [6.07, 6.45) is 2.49. The second kappa shape index (κ2) is 5.41. The van der Waals surface area contributed by atoms with Crippen molar-refractivity contribution in [2.75, 3.05) is 25.1 Å². The zero-order valence-corrected chi connectivity index (χ0v) is 11.5. The Balaban J connectivity index is 1.88. The number of nitrogens with zero attached hydrogens (tertiary/aromatic N) is 1. The average Bonchev–Trinajstić information content (AvgIpc) is 3.18. The van der Waals surface area contributed by atoms with Crippen LogP contribution in [-0.2, 0) is 4.74 Å². The SMILES string of the molecule is COC(=O)c1ccc(-c2cccc(N3CCCC3)c2)o1. The molecule has 20 heavy (non-hydrogen) atoms. The Kier molecular flexibility index (Phi) is 3.46. The molecule has 1 fully saturated rings. The molecule has 1 aromatic heterocycles. The number of esters is 1. The van der Waals surface area contributed by atoms with E-state index in [0.717, 1.165) is 18.7 Å².